The highest BCUT2D eigenvalue weighted by molar-refractivity contribution is 6.32. The summed E-state index contributed by atoms with van der Waals surface area (Å²) in [6, 6.07) is 14.0. The highest BCUT2D eigenvalue weighted by Gasteiger charge is 2.34. The number of ether oxygens (including phenoxy) is 2. The second kappa shape index (κ2) is 11.3. The van der Waals surface area contributed by atoms with Crippen molar-refractivity contribution in [2.45, 2.75) is 51.8 Å². The molecule has 182 valence electrons. The van der Waals surface area contributed by atoms with E-state index in [1.54, 1.807) is 6.20 Å². The van der Waals surface area contributed by atoms with Crippen LogP contribution in [0.5, 0.6) is 11.5 Å². The molecule has 0 saturated carbocycles. The van der Waals surface area contributed by atoms with Crippen LogP contribution in [-0.4, -0.2) is 51.7 Å². The first-order valence-corrected chi connectivity index (χ1v) is 12.3. The summed E-state index contributed by atoms with van der Waals surface area (Å²) in [4.78, 5) is 2.30. The van der Waals surface area contributed by atoms with Crippen LogP contribution in [0.4, 0.5) is 0 Å². The Labute approximate surface area is 207 Å². The number of aliphatic hydroxyl groups is 1. The number of rotatable bonds is 10. The Morgan fingerprint density at radius 2 is 1.85 bits per heavy atom. The zero-order chi connectivity index (χ0) is 24.0. The van der Waals surface area contributed by atoms with Crippen LogP contribution in [0, 0.1) is 13.8 Å². The van der Waals surface area contributed by atoms with E-state index in [-0.39, 0.29) is 6.61 Å². The summed E-state index contributed by atoms with van der Waals surface area (Å²) < 4.78 is 13.8. The van der Waals surface area contributed by atoms with E-state index < -0.39 is 5.60 Å². The van der Waals surface area contributed by atoms with E-state index in [0.717, 1.165) is 66.5 Å². The van der Waals surface area contributed by atoms with Crippen molar-refractivity contribution in [3.8, 4) is 11.5 Å². The van der Waals surface area contributed by atoms with Gasteiger partial charge in [-0.15, -0.1) is 0 Å². The first-order valence-electron chi connectivity index (χ1n) is 11.9. The van der Waals surface area contributed by atoms with Crippen LogP contribution in [-0.2, 0) is 13.1 Å². The highest BCUT2D eigenvalue weighted by Crippen LogP contribution is 2.28. The lowest BCUT2D eigenvalue weighted by atomic mass is 9.93. The van der Waals surface area contributed by atoms with Crippen LogP contribution in [0.2, 0.25) is 5.02 Å². The molecule has 1 saturated heterocycles. The molecule has 0 aliphatic carbocycles. The van der Waals surface area contributed by atoms with Crippen molar-refractivity contribution in [2.24, 2.45) is 0 Å². The lowest BCUT2D eigenvalue weighted by Crippen LogP contribution is -2.51. The zero-order valence-corrected chi connectivity index (χ0v) is 20.8. The van der Waals surface area contributed by atoms with Gasteiger partial charge in [-0.2, -0.15) is 5.10 Å². The van der Waals surface area contributed by atoms with Gasteiger partial charge in [0.15, 0.2) is 0 Å². The average Bonchev–Trinajstić information content (AvgIpc) is 3.34. The molecule has 6 nitrogen and oxygen atoms in total. The quantitative estimate of drug-likeness (QED) is 0.410. The van der Waals surface area contributed by atoms with Gasteiger partial charge in [-0.25, -0.2) is 0 Å². The van der Waals surface area contributed by atoms with Crippen molar-refractivity contribution >= 4 is 11.6 Å². The number of likely N-dealkylation sites (tertiary alicyclic amines) is 1. The second-order valence-electron chi connectivity index (χ2n) is 9.31. The van der Waals surface area contributed by atoms with E-state index in [9.17, 15) is 5.11 Å². The smallest absolute Gasteiger partial charge is 0.120 e. The van der Waals surface area contributed by atoms with E-state index in [1.807, 2.05) is 55.1 Å². The van der Waals surface area contributed by atoms with E-state index >= 15 is 0 Å². The van der Waals surface area contributed by atoms with E-state index in [0.29, 0.717) is 13.2 Å². The van der Waals surface area contributed by atoms with E-state index in [1.165, 1.54) is 5.56 Å². The molecule has 1 aliphatic heterocycles. The maximum Gasteiger partial charge on any atom is 0.120 e. The van der Waals surface area contributed by atoms with Gasteiger partial charge in [-0.05, 0) is 80.3 Å². The van der Waals surface area contributed by atoms with Gasteiger partial charge in [0.05, 0.1) is 6.61 Å². The number of β-amino-alcohol motifs (C(OH)–C–C–N with tert-alkyl or cyclic N) is 1. The van der Waals surface area contributed by atoms with Crippen LogP contribution in [0.3, 0.4) is 0 Å². The third-order valence-electron chi connectivity index (χ3n) is 6.24. The molecule has 0 bridgehead atoms. The summed E-state index contributed by atoms with van der Waals surface area (Å²) in [5.74, 6) is 1.63. The molecule has 1 aliphatic rings. The third kappa shape index (κ3) is 6.75. The molecule has 1 aromatic heterocycles. The first kappa shape index (κ1) is 24.6. The highest BCUT2D eigenvalue weighted by atomic mass is 35.5. The molecule has 0 amide bonds. The minimum Gasteiger partial charge on any atom is -0.494 e. The topological polar surface area (TPSA) is 59.8 Å². The van der Waals surface area contributed by atoms with Gasteiger partial charge in [0.2, 0.25) is 0 Å². The lowest BCUT2D eigenvalue weighted by molar-refractivity contribution is -0.0621. The number of hydrogen-bond donors (Lipinski definition) is 1. The van der Waals surface area contributed by atoms with Crippen LogP contribution in [0.1, 0.15) is 36.0 Å². The molecule has 0 spiro atoms. The summed E-state index contributed by atoms with van der Waals surface area (Å²) in [5, 5.41) is 16.2. The van der Waals surface area contributed by atoms with Gasteiger partial charge in [-0.3, -0.25) is 9.58 Å². The fraction of sp³-hybridized carbons (Fsp3) is 0.444. The molecule has 1 atom stereocenters. The predicted molar refractivity (Wildman–Crippen MR) is 135 cm³/mol. The lowest BCUT2D eigenvalue weighted by Gasteiger charge is -2.39. The van der Waals surface area contributed by atoms with E-state index in [4.69, 9.17) is 21.1 Å². The number of nitrogens with zero attached hydrogens (tertiary/aromatic N) is 3. The molecule has 34 heavy (non-hydrogen) atoms. The minimum atomic E-state index is -0.864. The van der Waals surface area contributed by atoms with Gasteiger partial charge in [0.25, 0.3) is 0 Å². The number of aromatic nitrogens is 2. The van der Waals surface area contributed by atoms with Crippen LogP contribution < -0.4 is 9.47 Å². The fourth-order valence-corrected chi connectivity index (χ4v) is 4.57. The number of halogens is 1. The third-order valence-corrected chi connectivity index (χ3v) is 6.84. The molecular formula is C27H34ClN3O3. The molecule has 1 fully saturated rings. The van der Waals surface area contributed by atoms with Gasteiger partial charge in [0, 0.05) is 43.5 Å². The van der Waals surface area contributed by atoms with Crippen molar-refractivity contribution in [3.63, 3.8) is 0 Å². The Morgan fingerprint density at radius 3 is 2.56 bits per heavy atom. The summed E-state index contributed by atoms with van der Waals surface area (Å²) in [5.41, 5.74) is 2.31. The van der Waals surface area contributed by atoms with E-state index in [2.05, 4.69) is 22.1 Å². The van der Waals surface area contributed by atoms with Crippen molar-refractivity contribution in [1.82, 2.24) is 14.7 Å². The molecule has 7 heteroatoms. The number of aryl methyl sites for hydroxylation is 3. The van der Waals surface area contributed by atoms with Gasteiger partial charge in [0.1, 0.15) is 23.7 Å². The number of benzene rings is 2. The predicted octanol–water partition coefficient (Wildman–Crippen LogP) is 5.03. The molecule has 0 unspecified atom stereocenters. The Kier molecular flexibility index (Phi) is 8.14. The van der Waals surface area contributed by atoms with Crippen molar-refractivity contribution in [1.29, 1.82) is 0 Å². The monoisotopic (exact) mass is 483 g/mol. The minimum absolute atomic E-state index is 0.273. The van der Waals surface area contributed by atoms with Crippen LogP contribution in [0.15, 0.2) is 54.9 Å². The molecule has 3 aromatic rings. The summed E-state index contributed by atoms with van der Waals surface area (Å²) in [6.45, 7) is 8.07. The number of piperidine rings is 1. The zero-order valence-electron chi connectivity index (χ0n) is 20.0. The van der Waals surface area contributed by atoms with Crippen molar-refractivity contribution in [2.75, 3.05) is 26.3 Å². The van der Waals surface area contributed by atoms with Crippen molar-refractivity contribution in [3.05, 3.63) is 76.6 Å². The Bertz CT molecular complexity index is 1030. The normalized spacial score (nSPS) is 18.7. The summed E-state index contributed by atoms with van der Waals surface area (Å²) in [6.07, 6.45) is 6.34. The van der Waals surface area contributed by atoms with Crippen LogP contribution in [0.25, 0.3) is 0 Å². The molecule has 1 N–H and O–H groups in total. The molecule has 2 aromatic carbocycles. The Hall–Kier alpha value is -2.54. The first-order chi connectivity index (χ1) is 16.4. The molecule has 0 radical (unpaired) electrons. The Morgan fingerprint density at radius 1 is 1.09 bits per heavy atom. The molecule has 2 heterocycles. The maximum absolute atomic E-state index is 11.2. The summed E-state index contributed by atoms with van der Waals surface area (Å²) >= 11 is 6.26. The van der Waals surface area contributed by atoms with Gasteiger partial charge >= 0.3 is 0 Å². The van der Waals surface area contributed by atoms with Crippen LogP contribution >= 0.6 is 11.6 Å². The second-order valence-corrected chi connectivity index (χ2v) is 9.69. The standard InChI is InChI=1S/C27H34ClN3O3/c1-21-16-25(17-22(2)26(21)28)34-20-27(32)10-3-12-30(19-27)18-23-6-8-24(9-7-23)33-15-5-14-31-13-4-11-29-31/h4,6-9,11,13,16-17,32H,3,5,10,12,14-15,18-20H2,1-2H3/t27-/m0/s1. The average molecular weight is 484 g/mol. The molecular weight excluding hydrogens is 450 g/mol. The number of hydrogen-bond acceptors (Lipinski definition) is 5. The van der Waals surface area contributed by atoms with Gasteiger partial charge in [-0.1, -0.05) is 23.7 Å². The maximum atomic E-state index is 11.2. The largest absolute Gasteiger partial charge is 0.494 e. The van der Waals surface area contributed by atoms with Crippen molar-refractivity contribution < 1.29 is 14.6 Å². The van der Waals surface area contributed by atoms with Gasteiger partial charge < -0.3 is 14.6 Å². The summed E-state index contributed by atoms with van der Waals surface area (Å²) in [7, 11) is 0. The molecule has 4 rings (SSSR count). The SMILES string of the molecule is Cc1cc(OC[C@]2(O)CCCN(Cc3ccc(OCCCn4cccn4)cc3)C2)cc(C)c1Cl. The Balaban J connectivity index is 1.24. The fourth-order valence-electron chi connectivity index (χ4n) is 4.46.